The van der Waals surface area contributed by atoms with Crippen LogP contribution >= 0.6 is 0 Å². The summed E-state index contributed by atoms with van der Waals surface area (Å²) >= 11 is 0. The van der Waals surface area contributed by atoms with Crippen molar-refractivity contribution in [1.29, 1.82) is 0 Å². The molecule has 42 heavy (non-hydrogen) atoms. The number of carbonyl (C=O) groups is 4. The Labute approximate surface area is 246 Å². The first-order valence-corrected chi connectivity index (χ1v) is 13.8. The Balaban J connectivity index is 1.56. The molecule has 3 aromatic carbocycles. The van der Waals surface area contributed by atoms with E-state index in [1.807, 2.05) is 88.4 Å². The average Bonchev–Trinajstić information content (AvgIpc) is 2.97. The maximum atomic E-state index is 13.1. The molecule has 0 aromatic heterocycles. The summed E-state index contributed by atoms with van der Waals surface area (Å²) < 4.78 is 10.5. The molecule has 10 nitrogen and oxygen atoms in total. The molecule has 0 radical (unpaired) electrons. The van der Waals surface area contributed by atoms with Gasteiger partial charge in [0.15, 0.2) is 0 Å². The molecule has 2 atom stereocenters. The van der Waals surface area contributed by atoms with E-state index >= 15 is 0 Å². The van der Waals surface area contributed by atoms with Crippen molar-refractivity contribution in [2.75, 3.05) is 10.6 Å². The van der Waals surface area contributed by atoms with Crippen molar-refractivity contribution in [3.63, 3.8) is 0 Å². The molecule has 0 heterocycles. The number of carbonyl (C=O) groups excluding carboxylic acids is 4. The van der Waals surface area contributed by atoms with Crippen LogP contribution in [-0.2, 0) is 32.3 Å². The fourth-order valence-electron chi connectivity index (χ4n) is 3.97. The fourth-order valence-corrected chi connectivity index (χ4v) is 3.97. The summed E-state index contributed by atoms with van der Waals surface area (Å²) in [5.74, 6) is -1.32. The van der Waals surface area contributed by atoms with Gasteiger partial charge in [0.25, 0.3) is 0 Å². The lowest BCUT2D eigenvalue weighted by atomic mass is 10.0. The molecule has 0 saturated carbocycles. The molecule has 0 aliphatic carbocycles. The monoisotopic (exact) mass is 574 g/mol. The predicted octanol–water partition coefficient (Wildman–Crippen LogP) is 5.47. The summed E-state index contributed by atoms with van der Waals surface area (Å²) in [6.45, 7) is 7.39. The first-order valence-electron chi connectivity index (χ1n) is 13.8. The smallest absolute Gasteiger partial charge is 0.408 e. The van der Waals surface area contributed by atoms with Crippen molar-refractivity contribution in [1.82, 2.24) is 10.6 Å². The zero-order valence-electron chi connectivity index (χ0n) is 24.3. The zero-order valence-corrected chi connectivity index (χ0v) is 24.3. The Morgan fingerprint density at radius 1 is 0.571 bits per heavy atom. The summed E-state index contributed by atoms with van der Waals surface area (Å²) in [6.07, 6.45) is -1.41. The van der Waals surface area contributed by atoms with Crippen LogP contribution in [0, 0.1) is 11.8 Å². The highest BCUT2D eigenvalue weighted by Gasteiger charge is 2.27. The second-order valence-electron chi connectivity index (χ2n) is 10.4. The van der Waals surface area contributed by atoms with E-state index in [-0.39, 0.29) is 25.0 Å². The summed E-state index contributed by atoms with van der Waals surface area (Å²) in [4.78, 5) is 50.8. The largest absolute Gasteiger partial charge is 0.445 e. The standard InChI is InChI=1S/C32H38N4O6/c1-21(2)27(35-31(39)41-19-23-12-7-5-8-13-23)29(37)33-25-16-11-17-26(18-25)34-30(38)28(22(3)4)36-32(40)42-20-24-14-9-6-10-15-24/h5-18,21-22,27-28H,19-20H2,1-4H3,(H,33,37)(H,34,38)(H,35,39)(H,36,40)/t27-,28-/m0/s1. The molecule has 222 valence electrons. The normalized spacial score (nSPS) is 12.1. The number of amides is 4. The summed E-state index contributed by atoms with van der Waals surface area (Å²) in [6, 6.07) is 23.3. The van der Waals surface area contributed by atoms with E-state index in [2.05, 4.69) is 21.3 Å². The lowest BCUT2D eigenvalue weighted by Crippen LogP contribution is -2.47. The molecule has 4 amide bonds. The molecule has 3 rings (SSSR count). The van der Waals surface area contributed by atoms with Crippen LogP contribution in [0.1, 0.15) is 38.8 Å². The fraction of sp³-hybridized carbons (Fsp3) is 0.312. The summed E-state index contributed by atoms with van der Waals surface area (Å²) in [5.41, 5.74) is 2.49. The minimum atomic E-state index is -0.858. The molecule has 0 saturated heterocycles. The molecular weight excluding hydrogens is 536 g/mol. The minimum absolute atomic E-state index is 0.0812. The number of hydrogen-bond acceptors (Lipinski definition) is 6. The van der Waals surface area contributed by atoms with Gasteiger partial charge in [-0.3, -0.25) is 9.59 Å². The van der Waals surface area contributed by atoms with Crippen LogP contribution in [0.4, 0.5) is 21.0 Å². The molecular formula is C32H38N4O6. The van der Waals surface area contributed by atoms with E-state index < -0.39 is 36.1 Å². The minimum Gasteiger partial charge on any atom is -0.445 e. The van der Waals surface area contributed by atoms with Crippen LogP contribution in [0.5, 0.6) is 0 Å². The van der Waals surface area contributed by atoms with Crippen LogP contribution in [0.15, 0.2) is 84.9 Å². The molecule has 0 spiro atoms. The molecule has 0 aliphatic rings. The van der Waals surface area contributed by atoms with Crippen LogP contribution in [0.25, 0.3) is 0 Å². The highest BCUT2D eigenvalue weighted by atomic mass is 16.6. The predicted molar refractivity (Wildman–Crippen MR) is 160 cm³/mol. The summed E-state index contributed by atoms with van der Waals surface area (Å²) in [7, 11) is 0. The first kappa shape index (κ1) is 31.7. The van der Waals surface area contributed by atoms with Crippen LogP contribution in [0.2, 0.25) is 0 Å². The van der Waals surface area contributed by atoms with Crippen molar-refractivity contribution >= 4 is 35.4 Å². The highest BCUT2D eigenvalue weighted by Crippen LogP contribution is 2.18. The van der Waals surface area contributed by atoms with Gasteiger partial charge < -0.3 is 30.7 Å². The van der Waals surface area contributed by atoms with E-state index in [1.54, 1.807) is 24.3 Å². The van der Waals surface area contributed by atoms with Crippen LogP contribution in [-0.4, -0.2) is 36.1 Å². The van der Waals surface area contributed by atoms with Crippen molar-refractivity contribution in [2.24, 2.45) is 11.8 Å². The zero-order chi connectivity index (χ0) is 30.5. The van der Waals surface area contributed by atoms with Gasteiger partial charge in [-0.15, -0.1) is 0 Å². The molecule has 4 N–H and O–H groups in total. The SMILES string of the molecule is CC(C)[C@H](NC(=O)OCc1ccccc1)C(=O)Nc1cccc(NC(=O)[C@@H](NC(=O)OCc2ccccc2)C(C)C)c1. The lowest BCUT2D eigenvalue weighted by Gasteiger charge is -2.22. The number of rotatable bonds is 12. The number of nitrogens with one attached hydrogen (secondary N) is 4. The van der Waals surface area contributed by atoms with E-state index in [0.29, 0.717) is 11.4 Å². The number of alkyl carbamates (subject to hydrolysis) is 2. The van der Waals surface area contributed by atoms with Gasteiger partial charge in [-0.2, -0.15) is 0 Å². The number of ether oxygens (including phenoxy) is 2. The van der Waals surface area contributed by atoms with Crippen molar-refractivity contribution in [3.8, 4) is 0 Å². The molecule has 0 aliphatic heterocycles. The van der Waals surface area contributed by atoms with E-state index in [9.17, 15) is 19.2 Å². The van der Waals surface area contributed by atoms with Gasteiger partial charge in [-0.25, -0.2) is 9.59 Å². The third-order valence-corrected chi connectivity index (χ3v) is 6.27. The van der Waals surface area contributed by atoms with Gasteiger partial charge in [0.1, 0.15) is 25.3 Å². The Morgan fingerprint density at radius 3 is 1.31 bits per heavy atom. The molecule has 0 bridgehead atoms. The van der Waals surface area contributed by atoms with Gasteiger partial charge in [0.05, 0.1) is 0 Å². The molecule has 0 unspecified atom stereocenters. The highest BCUT2D eigenvalue weighted by molar-refractivity contribution is 5.99. The quantitative estimate of drug-likeness (QED) is 0.227. The third-order valence-electron chi connectivity index (χ3n) is 6.27. The Hall–Kier alpha value is -4.86. The van der Waals surface area contributed by atoms with Crippen LogP contribution < -0.4 is 21.3 Å². The topological polar surface area (TPSA) is 135 Å². The van der Waals surface area contributed by atoms with Crippen molar-refractivity contribution in [3.05, 3.63) is 96.1 Å². The Bertz CT molecular complexity index is 1230. The van der Waals surface area contributed by atoms with Gasteiger partial charge in [-0.1, -0.05) is 94.4 Å². The first-order chi connectivity index (χ1) is 20.1. The maximum Gasteiger partial charge on any atom is 0.408 e. The van der Waals surface area contributed by atoms with Gasteiger partial charge in [0.2, 0.25) is 11.8 Å². The van der Waals surface area contributed by atoms with Crippen molar-refractivity contribution < 1.29 is 28.7 Å². The number of benzene rings is 3. The van der Waals surface area contributed by atoms with Gasteiger partial charge >= 0.3 is 12.2 Å². The third kappa shape index (κ3) is 10.3. The van der Waals surface area contributed by atoms with Gasteiger partial charge in [0, 0.05) is 11.4 Å². The second kappa shape index (κ2) is 15.8. The van der Waals surface area contributed by atoms with E-state index in [4.69, 9.17) is 9.47 Å². The van der Waals surface area contributed by atoms with Crippen molar-refractivity contribution in [2.45, 2.75) is 53.0 Å². The van der Waals surface area contributed by atoms with Crippen LogP contribution in [0.3, 0.4) is 0 Å². The molecule has 3 aromatic rings. The second-order valence-corrected chi connectivity index (χ2v) is 10.4. The average molecular weight is 575 g/mol. The van der Waals surface area contributed by atoms with E-state index in [1.165, 1.54) is 0 Å². The number of anilines is 2. The summed E-state index contributed by atoms with van der Waals surface area (Å²) in [5, 5.41) is 10.8. The molecule has 10 heteroatoms. The Morgan fingerprint density at radius 2 is 0.952 bits per heavy atom. The maximum absolute atomic E-state index is 13.1. The Kier molecular flexibility index (Phi) is 11.9. The number of hydrogen-bond donors (Lipinski definition) is 4. The molecule has 0 fully saturated rings. The lowest BCUT2D eigenvalue weighted by molar-refractivity contribution is -0.119. The van der Waals surface area contributed by atoms with E-state index in [0.717, 1.165) is 11.1 Å². The van der Waals surface area contributed by atoms with Gasteiger partial charge in [-0.05, 0) is 41.2 Å².